The molecule has 98 valence electrons. The Morgan fingerprint density at radius 3 is 2.41 bits per heavy atom. The molecular formula is C14H26N2O. The average molecular weight is 238 g/mol. The van der Waals surface area contributed by atoms with Gasteiger partial charge in [0.05, 0.1) is 11.8 Å². The van der Waals surface area contributed by atoms with Crippen LogP contribution in [0.5, 0.6) is 0 Å². The molecule has 1 aromatic heterocycles. The van der Waals surface area contributed by atoms with Crippen LogP contribution in [0.2, 0.25) is 0 Å². The molecule has 3 nitrogen and oxygen atoms in total. The summed E-state index contributed by atoms with van der Waals surface area (Å²) in [6.07, 6.45) is 11.3. The fourth-order valence-corrected chi connectivity index (χ4v) is 2.15. The van der Waals surface area contributed by atoms with Gasteiger partial charge < -0.3 is 5.11 Å². The molecule has 0 aliphatic heterocycles. The summed E-state index contributed by atoms with van der Waals surface area (Å²) in [6.45, 7) is 2.24. The van der Waals surface area contributed by atoms with Crippen LogP contribution < -0.4 is 0 Å². The summed E-state index contributed by atoms with van der Waals surface area (Å²) in [5.41, 5.74) is 0.927. The Balaban J connectivity index is 2.05. The van der Waals surface area contributed by atoms with Gasteiger partial charge in [-0.15, -0.1) is 0 Å². The summed E-state index contributed by atoms with van der Waals surface area (Å²) >= 11 is 0. The van der Waals surface area contributed by atoms with Crippen LogP contribution in [-0.4, -0.2) is 14.9 Å². The summed E-state index contributed by atoms with van der Waals surface area (Å²) in [7, 11) is 1.88. The van der Waals surface area contributed by atoms with Crippen molar-refractivity contribution in [3.63, 3.8) is 0 Å². The van der Waals surface area contributed by atoms with E-state index in [1.807, 2.05) is 13.1 Å². The van der Waals surface area contributed by atoms with E-state index in [9.17, 15) is 5.11 Å². The minimum absolute atomic E-state index is 0.349. The molecule has 0 bridgehead atoms. The molecule has 1 heterocycles. The zero-order valence-electron chi connectivity index (χ0n) is 11.2. The van der Waals surface area contributed by atoms with Crippen LogP contribution in [0.15, 0.2) is 12.3 Å². The summed E-state index contributed by atoms with van der Waals surface area (Å²) in [4.78, 5) is 0. The number of rotatable bonds is 9. The monoisotopic (exact) mass is 238 g/mol. The Hall–Kier alpha value is -0.830. The fourth-order valence-electron chi connectivity index (χ4n) is 2.15. The number of hydrogen-bond donors (Lipinski definition) is 1. The molecule has 1 N–H and O–H groups in total. The molecule has 0 saturated heterocycles. The van der Waals surface area contributed by atoms with Gasteiger partial charge in [-0.3, -0.25) is 4.68 Å². The molecule has 0 aromatic carbocycles. The lowest BCUT2D eigenvalue weighted by Crippen LogP contribution is -2.05. The van der Waals surface area contributed by atoms with E-state index < -0.39 is 0 Å². The smallest absolute Gasteiger partial charge is 0.0956 e. The zero-order valence-corrected chi connectivity index (χ0v) is 11.2. The number of nitrogens with zero attached hydrogens (tertiary/aromatic N) is 2. The Morgan fingerprint density at radius 1 is 1.18 bits per heavy atom. The lowest BCUT2D eigenvalue weighted by molar-refractivity contribution is 0.154. The highest BCUT2D eigenvalue weighted by Gasteiger charge is 2.10. The summed E-state index contributed by atoms with van der Waals surface area (Å²) in [5.74, 6) is 0. The average Bonchev–Trinajstić information content (AvgIpc) is 2.74. The first-order chi connectivity index (χ1) is 8.25. The van der Waals surface area contributed by atoms with Crippen LogP contribution in [0.25, 0.3) is 0 Å². The summed E-state index contributed by atoms with van der Waals surface area (Å²) in [6, 6.07) is 1.89. The molecule has 0 spiro atoms. The standard InChI is InChI=1S/C14H26N2O/c1-3-4-5-6-7-8-9-10-14(17)13-11-12-15-16(13)2/h11-12,14,17H,3-10H2,1-2H3. The van der Waals surface area contributed by atoms with Crippen LogP contribution in [0.4, 0.5) is 0 Å². The Kier molecular flexibility index (Phi) is 6.94. The number of aliphatic hydroxyl groups excluding tert-OH is 1. The molecular weight excluding hydrogens is 212 g/mol. The maximum Gasteiger partial charge on any atom is 0.0956 e. The molecule has 0 amide bonds. The van der Waals surface area contributed by atoms with Crippen molar-refractivity contribution in [2.75, 3.05) is 0 Å². The number of aromatic nitrogens is 2. The first-order valence-electron chi connectivity index (χ1n) is 6.91. The Bertz CT molecular complexity index is 296. The molecule has 1 rings (SSSR count). The van der Waals surface area contributed by atoms with Crippen LogP contribution >= 0.6 is 0 Å². The van der Waals surface area contributed by atoms with E-state index in [4.69, 9.17) is 0 Å². The largest absolute Gasteiger partial charge is 0.387 e. The van der Waals surface area contributed by atoms with Crippen LogP contribution in [-0.2, 0) is 7.05 Å². The van der Waals surface area contributed by atoms with E-state index in [2.05, 4.69) is 12.0 Å². The third-order valence-corrected chi connectivity index (χ3v) is 3.28. The molecule has 1 atom stereocenters. The van der Waals surface area contributed by atoms with Crippen molar-refractivity contribution in [1.82, 2.24) is 9.78 Å². The number of unbranched alkanes of at least 4 members (excludes halogenated alkanes) is 6. The minimum Gasteiger partial charge on any atom is -0.387 e. The first-order valence-corrected chi connectivity index (χ1v) is 6.91. The molecule has 0 aliphatic carbocycles. The molecule has 17 heavy (non-hydrogen) atoms. The van der Waals surface area contributed by atoms with E-state index in [1.165, 1.54) is 38.5 Å². The maximum absolute atomic E-state index is 9.97. The topological polar surface area (TPSA) is 38.1 Å². The van der Waals surface area contributed by atoms with Crippen LogP contribution in [0.1, 0.15) is 70.1 Å². The second-order valence-corrected chi connectivity index (χ2v) is 4.81. The van der Waals surface area contributed by atoms with E-state index in [-0.39, 0.29) is 6.10 Å². The summed E-state index contributed by atoms with van der Waals surface area (Å²) < 4.78 is 1.76. The van der Waals surface area contributed by atoms with Crippen molar-refractivity contribution in [3.8, 4) is 0 Å². The lowest BCUT2D eigenvalue weighted by atomic mass is 10.0. The van der Waals surface area contributed by atoms with Crippen molar-refractivity contribution in [3.05, 3.63) is 18.0 Å². The SMILES string of the molecule is CCCCCCCCCC(O)c1ccnn1C. The molecule has 3 heteroatoms. The highest BCUT2D eigenvalue weighted by molar-refractivity contribution is 5.03. The van der Waals surface area contributed by atoms with Crippen molar-refractivity contribution in [1.29, 1.82) is 0 Å². The molecule has 0 fully saturated rings. The highest BCUT2D eigenvalue weighted by atomic mass is 16.3. The van der Waals surface area contributed by atoms with E-state index in [0.29, 0.717) is 0 Å². The third kappa shape index (κ3) is 5.35. The van der Waals surface area contributed by atoms with Gasteiger partial charge in [0.2, 0.25) is 0 Å². The van der Waals surface area contributed by atoms with Gasteiger partial charge in [-0.1, -0.05) is 51.9 Å². The Labute approximate surface area is 105 Å². The van der Waals surface area contributed by atoms with E-state index in [0.717, 1.165) is 18.5 Å². The minimum atomic E-state index is -0.349. The number of aliphatic hydroxyl groups is 1. The zero-order chi connectivity index (χ0) is 12.5. The normalized spacial score (nSPS) is 12.9. The van der Waals surface area contributed by atoms with Crippen molar-refractivity contribution < 1.29 is 5.11 Å². The number of aryl methyl sites for hydroxylation is 1. The first kappa shape index (κ1) is 14.2. The van der Waals surface area contributed by atoms with Gasteiger partial charge in [-0.2, -0.15) is 5.10 Å². The fraction of sp³-hybridized carbons (Fsp3) is 0.786. The van der Waals surface area contributed by atoms with E-state index in [1.54, 1.807) is 10.9 Å². The quantitative estimate of drug-likeness (QED) is 0.668. The maximum atomic E-state index is 9.97. The van der Waals surface area contributed by atoms with Gasteiger partial charge in [0.1, 0.15) is 0 Å². The molecule has 0 saturated carbocycles. The molecule has 0 radical (unpaired) electrons. The van der Waals surface area contributed by atoms with Gasteiger partial charge in [0, 0.05) is 13.2 Å². The predicted octanol–water partition coefficient (Wildman–Crippen LogP) is 3.59. The van der Waals surface area contributed by atoms with Gasteiger partial charge in [-0.05, 0) is 12.5 Å². The van der Waals surface area contributed by atoms with Gasteiger partial charge >= 0.3 is 0 Å². The molecule has 1 unspecified atom stereocenters. The molecule has 1 aromatic rings. The molecule has 0 aliphatic rings. The van der Waals surface area contributed by atoms with Gasteiger partial charge in [0.25, 0.3) is 0 Å². The van der Waals surface area contributed by atoms with Crippen molar-refractivity contribution in [2.45, 2.75) is 64.4 Å². The number of hydrogen-bond acceptors (Lipinski definition) is 2. The van der Waals surface area contributed by atoms with Crippen molar-refractivity contribution >= 4 is 0 Å². The van der Waals surface area contributed by atoms with Crippen LogP contribution in [0.3, 0.4) is 0 Å². The second kappa shape index (κ2) is 8.29. The van der Waals surface area contributed by atoms with Gasteiger partial charge in [0.15, 0.2) is 0 Å². The van der Waals surface area contributed by atoms with Crippen LogP contribution in [0, 0.1) is 0 Å². The van der Waals surface area contributed by atoms with Crippen molar-refractivity contribution in [2.24, 2.45) is 7.05 Å². The van der Waals surface area contributed by atoms with Gasteiger partial charge in [-0.25, -0.2) is 0 Å². The lowest BCUT2D eigenvalue weighted by Gasteiger charge is -2.10. The summed E-state index contributed by atoms with van der Waals surface area (Å²) in [5, 5.41) is 14.0. The predicted molar refractivity (Wildman–Crippen MR) is 70.8 cm³/mol. The second-order valence-electron chi connectivity index (χ2n) is 4.81. The van der Waals surface area contributed by atoms with E-state index >= 15 is 0 Å². The third-order valence-electron chi connectivity index (χ3n) is 3.28. The highest BCUT2D eigenvalue weighted by Crippen LogP contribution is 2.19. The Morgan fingerprint density at radius 2 is 1.82 bits per heavy atom.